The molecule has 0 fully saturated rings. The van der Waals surface area contributed by atoms with Crippen molar-refractivity contribution in [2.75, 3.05) is 13.7 Å². The summed E-state index contributed by atoms with van der Waals surface area (Å²) in [6, 6.07) is 12.5. The van der Waals surface area contributed by atoms with E-state index >= 15 is 0 Å². The molecule has 0 aliphatic rings. The summed E-state index contributed by atoms with van der Waals surface area (Å²) in [7, 11) is 1.58. The topological polar surface area (TPSA) is 58.6 Å². The number of likely N-dealkylation sites (N-methyl/N-ethyl adjacent to an activating group) is 1. The van der Waals surface area contributed by atoms with E-state index in [2.05, 4.69) is 5.32 Å². The molecule has 2 rings (SSSR count). The van der Waals surface area contributed by atoms with Crippen LogP contribution in [0.15, 0.2) is 48.5 Å². The average Bonchev–Trinajstić information content (AvgIpc) is 2.67. The van der Waals surface area contributed by atoms with Gasteiger partial charge in [0.25, 0.3) is 0 Å². The fourth-order valence-electron chi connectivity index (χ4n) is 2.71. The predicted octanol–water partition coefficient (Wildman–Crippen LogP) is 2.93. The fraction of sp³-hybridized carbons (Fsp3) is 0.333. The fourth-order valence-corrected chi connectivity index (χ4v) is 2.71. The molecule has 2 aromatic rings. The standard InChI is InChI=1S/C21H25FN2O3/c1-4-23-21(26)15(2)24(14-17-5-9-18(22)10-6-17)20(25)13-16-7-11-19(27-3)12-8-16/h5-12,15H,4,13-14H2,1-3H3,(H,23,26)/t15-/m1/s1. The van der Waals surface area contributed by atoms with Gasteiger partial charge in [0.05, 0.1) is 13.5 Å². The highest BCUT2D eigenvalue weighted by Crippen LogP contribution is 2.15. The Bertz CT molecular complexity index is 760. The molecular formula is C21H25FN2O3. The molecule has 1 N–H and O–H groups in total. The number of hydrogen-bond acceptors (Lipinski definition) is 3. The second-order valence-corrected chi connectivity index (χ2v) is 6.24. The summed E-state index contributed by atoms with van der Waals surface area (Å²) in [5.74, 6) is -0.0253. The number of carbonyl (C=O) groups excluding carboxylic acids is 2. The number of amides is 2. The minimum atomic E-state index is -0.638. The third-order valence-electron chi connectivity index (χ3n) is 4.30. The molecule has 2 aromatic carbocycles. The number of carbonyl (C=O) groups is 2. The molecule has 0 saturated heterocycles. The SMILES string of the molecule is CCNC(=O)[C@@H](C)N(Cc1ccc(F)cc1)C(=O)Cc1ccc(OC)cc1. The number of rotatable bonds is 8. The van der Waals surface area contributed by atoms with Crippen LogP contribution < -0.4 is 10.1 Å². The van der Waals surface area contributed by atoms with Crippen LogP contribution in [0.25, 0.3) is 0 Å². The van der Waals surface area contributed by atoms with Crippen LogP contribution in [0.2, 0.25) is 0 Å². The number of hydrogen-bond donors (Lipinski definition) is 1. The van der Waals surface area contributed by atoms with Crippen molar-refractivity contribution in [1.82, 2.24) is 10.2 Å². The maximum absolute atomic E-state index is 13.2. The van der Waals surface area contributed by atoms with Crippen molar-refractivity contribution in [3.63, 3.8) is 0 Å². The van der Waals surface area contributed by atoms with E-state index in [4.69, 9.17) is 4.74 Å². The number of nitrogens with zero attached hydrogens (tertiary/aromatic N) is 1. The van der Waals surface area contributed by atoms with Crippen LogP contribution in [0.5, 0.6) is 5.75 Å². The zero-order chi connectivity index (χ0) is 19.8. The summed E-state index contributed by atoms with van der Waals surface area (Å²) in [4.78, 5) is 26.7. The summed E-state index contributed by atoms with van der Waals surface area (Å²) < 4.78 is 18.3. The van der Waals surface area contributed by atoms with Gasteiger partial charge in [-0.1, -0.05) is 24.3 Å². The van der Waals surface area contributed by atoms with Gasteiger partial charge >= 0.3 is 0 Å². The Morgan fingerprint density at radius 3 is 2.22 bits per heavy atom. The Balaban J connectivity index is 2.19. The third-order valence-corrected chi connectivity index (χ3v) is 4.30. The largest absolute Gasteiger partial charge is 0.497 e. The summed E-state index contributed by atoms with van der Waals surface area (Å²) in [5.41, 5.74) is 1.59. The van der Waals surface area contributed by atoms with Gasteiger partial charge in [-0.25, -0.2) is 4.39 Å². The lowest BCUT2D eigenvalue weighted by Crippen LogP contribution is -2.48. The molecule has 0 radical (unpaired) electrons. The zero-order valence-electron chi connectivity index (χ0n) is 15.9. The number of halogens is 1. The van der Waals surface area contributed by atoms with Gasteiger partial charge in [-0.05, 0) is 49.2 Å². The molecule has 0 bridgehead atoms. The van der Waals surface area contributed by atoms with Crippen LogP contribution in [0.1, 0.15) is 25.0 Å². The summed E-state index contributed by atoms with van der Waals surface area (Å²) in [6.45, 7) is 4.24. The minimum absolute atomic E-state index is 0.162. The second-order valence-electron chi connectivity index (χ2n) is 6.24. The first-order valence-electron chi connectivity index (χ1n) is 8.89. The molecule has 0 saturated carbocycles. The minimum Gasteiger partial charge on any atom is -0.497 e. The first-order valence-corrected chi connectivity index (χ1v) is 8.89. The van der Waals surface area contributed by atoms with Crippen LogP contribution in [-0.2, 0) is 22.6 Å². The highest BCUT2D eigenvalue weighted by molar-refractivity contribution is 5.88. The maximum atomic E-state index is 13.2. The van der Waals surface area contributed by atoms with Crippen molar-refractivity contribution in [2.45, 2.75) is 32.9 Å². The Morgan fingerprint density at radius 1 is 1.07 bits per heavy atom. The van der Waals surface area contributed by atoms with E-state index in [-0.39, 0.29) is 30.6 Å². The predicted molar refractivity (Wildman–Crippen MR) is 102 cm³/mol. The molecular weight excluding hydrogens is 347 g/mol. The van der Waals surface area contributed by atoms with Crippen molar-refractivity contribution in [3.8, 4) is 5.75 Å². The molecule has 2 amide bonds. The molecule has 0 spiro atoms. The summed E-state index contributed by atoms with van der Waals surface area (Å²) in [5, 5.41) is 2.75. The highest BCUT2D eigenvalue weighted by atomic mass is 19.1. The number of nitrogens with one attached hydrogen (secondary N) is 1. The maximum Gasteiger partial charge on any atom is 0.242 e. The Hall–Kier alpha value is -2.89. The van der Waals surface area contributed by atoms with E-state index in [0.717, 1.165) is 11.1 Å². The first-order chi connectivity index (χ1) is 12.9. The van der Waals surface area contributed by atoms with Gasteiger partial charge < -0.3 is 15.0 Å². The lowest BCUT2D eigenvalue weighted by molar-refractivity contribution is -0.140. The van der Waals surface area contributed by atoms with E-state index in [1.165, 1.54) is 17.0 Å². The van der Waals surface area contributed by atoms with Gasteiger partial charge in [-0.3, -0.25) is 9.59 Å². The van der Waals surface area contributed by atoms with Crippen molar-refractivity contribution in [2.24, 2.45) is 0 Å². The van der Waals surface area contributed by atoms with Crippen LogP contribution in [0.4, 0.5) is 4.39 Å². The van der Waals surface area contributed by atoms with Crippen molar-refractivity contribution >= 4 is 11.8 Å². The van der Waals surface area contributed by atoms with E-state index in [1.54, 1.807) is 38.3 Å². The number of benzene rings is 2. The van der Waals surface area contributed by atoms with E-state index < -0.39 is 6.04 Å². The average molecular weight is 372 g/mol. The van der Waals surface area contributed by atoms with Crippen LogP contribution in [0.3, 0.4) is 0 Å². The highest BCUT2D eigenvalue weighted by Gasteiger charge is 2.25. The van der Waals surface area contributed by atoms with Crippen molar-refractivity contribution < 1.29 is 18.7 Å². The van der Waals surface area contributed by atoms with Gasteiger partial charge in [0.2, 0.25) is 11.8 Å². The number of methoxy groups -OCH3 is 1. The zero-order valence-corrected chi connectivity index (χ0v) is 15.9. The monoisotopic (exact) mass is 372 g/mol. The number of ether oxygens (including phenoxy) is 1. The Kier molecular flexibility index (Phi) is 7.34. The summed E-state index contributed by atoms with van der Waals surface area (Å²) >= 11 is 0. The second kappa shape index (κ2) is 9.71. The van der Waals surface area contributed by atoms with Gasteiger partial charge in [0.1, 0.15) is 17.6 Å². The summed E-state index contributed by atoms with van der Waals surface area (Å²) in [6.07, 6.45) is 0.162. The normalized spacial score (nSPS) is 11.6. The van der Waals surface area contributed by atoms with Crippen LogP contribution >= 0.6 is 0 Å². The molecule has 0 unspecified atom stereocenters. The Labute approximate surface area is 159 Å². The smallest absolute Gasteiger partial charge is 0.242 e. The molecule has 0 heterocycles. The van der Waals surface area contributed by atoms with Gasteiger partial charge in [-0.15, -0.1) is 0 Å². The molecule has 6 heteroatoms. The van der Waals surface area contributed by atoms with E-state index in [9.17, 15) is 14.0 Å². The van der Waals surface area contributed by atoms with Crippen LogP contribution in [0, 0.1) is 5.82 Å². The molecule has 144 valence electrons. The third kappa shape index (κ3) is 5.81. The molecule has 0 aromatic heterocycles. The molecule has 1 atom stereocenters. The quantitative estimate of drug-likeness (QED) is 0.775. The van der Waals surface area contributed by atoms with Gasteiger partial charge in [0.15, 0.2) is 0 Å². The van der Waals surface area contributed by atoms with Gasteiger partial charge in [0, 0.05) is 13.1 Å². The van der Waals surface area contributed by atoms with Gasteiger partial charge in [-0.2, -0.15) is 0 Å². The molecule has 27 heavy (non-hydrogen) atoms. The lowest BCUT2D eigenvalue weighted by atomic mass is 10.1. The lowest BCUT2D eigenvalue weighted by Gasteiger charge is -2.29. The molecule has 0 aliphatic carbocycles. The van der Waals surface area contributed by atoms with Crippen molar-refractivity contribution in [3.05, 3.63) is 65.5 Å². The Morgan fingerprint density at radius 2 is 1.67 bits per heavy atom. The first kappa shape index (κ1) is 20.4. The molecule has 5 nitrogen and oxygen atoms in total. The van der Waals surface area contributed by atoms with Crippen molar-refractivity contribution in [1.29, 1.82) is 0 Å². The van der Waals surface area contributed by atoms with E-state index in [0.29, 0.717) is 12.3 Å². The van der Waals surface area contributed by atoms with E-state index in [1.807, 2.05) is 19.1 Å². The van der Waals surface area contributed by atoms with Crippen LogP contribution in [-0.4, -0.2) is 36.4 Å². The molecule has 0 aliphatic heterocycles.